The third-order valence-corrected chi connectivity index (χ3v) is 5.15. The maximum Gasteiger partial charge on any atom is 0.274 e. The molecule has 146 valence electrons. The molecule has 3 aromatic heterocycles. The molecule has 0 N–H and O–H groups in total. The molecule has 1 fully saturated rings. The summed E-state index contributed by atoms with van der Waals surface area (Å²) in [4.78, 5) is 14.4. The molecule has 7 heteroatoms. The molecule has 4 aromatic rings. The number of aromatic nitrogens is 3. The molecular formula is C22H19FN4O2. The van der Waals surface area contributed by atoms with Crippen molar-refractivity contribution < 1.29 is 13.9 Å². The van der Waals surface area contributed by atoms with Gasteiger partial charge in [-0.05, 0) is 47.5 Å². The largest absolute Gasteiger partial charge is 0.378 e. The monoisotopic (exact) mass is 390 g/mol. The number of fused-ring (bicyclic) bond motifs is 1. The van der Waals surface area contributed by atoms with Gasteiger partial charge in [-0.25, -0.2) is 9.07 Å². The molecule has 4 heterocycles. The van der Waals surface area contributed by atoms with Crippen molar-refractivity contribution in [1.82, 2.24) is 19.1 Å². The van der Waals surface area contributed by atoms with E-state index in [0.717, 1.165) is 22.5 Å². The summed E-state index contributed by atoms with van der Waals surface area (Å²) in [5.74, 6) is 0.482. The lowest BCUT2D eigenvalue weighted by Crippen LogP contribution is -2.40. The number of hydrogen-bond acceptors (Lipinski definition) is 3. The number of rotatable bonds is 3. The average Bonchev–Trinajstić information content (AvgIpc) is 3.41. The first-order valence-electron chi connectivity index (χ1n) is 9.49. The van der Waals surface area contributed by atoms with Gasteiger partial charge in [-0.2, -0.15) is 5.10 Å². The van der Waals surface area contributed by atoms with Crippen molar-refractivity contribution in [2.24, 2.45) is 0 Å². The van der Waals surface area contributed by atoms with E-state index < -0.39 is 0 Å². The molecule has 0 bridgehead atoms. The van der Waals surface area contributed by atoms with Crippen molar-refractivity contribution in [3.8, 4) is 16.9 Å². The Morgan fingerprint density at radius 1 is 0.931 bits per heavy atom. The molecule has 1 aromatic carbocycles. The van der Waals surface area contributed by atoms with Gasteiger partial charge >= 0.3 is 0 Å². The fraction of sp³-hybridized carbons (Fsp3) is 0.182. The smallest absolute Gasteiger partial charge is 0.274 e. The Bertz CT molecular complexity index is 1170. The third kappa shape index (κ3) is 3.30. The zero-order chi connectivity index (χ0) is 19.8. The van der Waals surface area contributed by atoms with Crippen molar-refractivity contribution in [3.05, 3.63) is 78.5 Å². The number of pyridine rings is 1. The zero-order valence-corrected chi connectivity index (χ0v) is 15.7. The van der Waals surface area contributed by atoms with E-state index in [1.807, 2.05) is 34.9 Å². The molecule has 1 saturated heterocycles. The van der Waals surface area contributed by atoms with Crippen LogP contribution in [0.5, 0.6) is 0 Å². The second-order valence-corrected chi connectivity index (χ2v) is 6.96. The minimum atomic E-state index is -0.259. The van der Waals surface area contributed by atoms with E-state index in [1.54, 1.807) is 34.0 Å². The van der Waals surface area contributed by atoms with Crippen molar-refractivity contribution in [1.29, 1.82) is 0 Å². The summed E-state index contributed by atoms with van der Waals surface area (Å²) in [5.41, 5.74) is 3.31. The number of amides is 1. The van der Waals surface area contributed by atoms with Crippen LogP contribution in [0, 0.1) is 5.82 Å². The molecule has 0 aliphatic carbocycles. The lowest BCUT2D eigenvalue weighted by Gasteiger charge is -2.25. The van der Waals surface area contributed by atoms with Crippen LogP contribution in [0.25, 0.3) is 22.5 Å². The Hall–Kier alpha value is -3.45. The highest BCUT2D eigenvalue weighted by Gasteiger charge is 2.21. The van der Waals surface area contributed by atoms with Crippen LogP contribution in [0.3, 0.4) is 0 Å². The summed E-state index contributed by atoms with van der Waals surface area (Å²) in [5, 5.41) is 4.51. The van der Waals surface area contributed by atoms with E-state index in [0.29, 0.717) is 32.0 Å². The molecule has 1 aliphatic heterocycles. The number of morpholine rings is 1. The van der Waals surface area contributed by atoms with E-state index >= 15 is 0 Å². The molecule has 0 unspecified atom stereocenters. The first-order chi connectivity index (χ1) is 14.2. The predicted octanol–water partition coefficient (Wildman–Crippen LogP) is 3.40. The highest BCUT2D eigenvalue weighted by molar-refractivity contribution is 5.92. The number of carbonyl (C=O) groups is 1. The fourth-order valence-electron chi connectivity index (χ4n) is 3.58. The number of halogens is 1. The summed E-state index contributed by atoms with van der Waals surface area (Å²) < 4.78 is 22.3. The molecule has 5 rings (SSSR count). The van der Waals surface area contributed by atoms with E-state index in [1.165, 1.54) is 12.1 Å². The predicted molar refractivity (Wildman–Crippen MR) is 107 cm³/mol. The molecule has 0 spiro atoms. The Morgan fingerprint density at radius 2 is 1.66 bits per heavy atom. The Morgan fingerprint density at radius 3 is 2.45 bits per heavy atom. The summed E-state index contributed by atoms with van der Waals surface area (Å²) in [6.45, 7) is 2.28. The van der Waals surface area contributed by atoms with E-state index in [2.05, 4.69) is 5.10 Å². The summed E-state index contributed by atoms with van der Waals surface area (Å²) in [6.07, 6.45) is 3.78. The minimum absolute atomic E-state index is 0.0834. The molecule has 29 heavy (non-hydrogen) atoms. The first kappa shape index (κ1) is 17.6. The van der Waals surface area contributed by atoms with E-state index in [4.69, 9.17) is 4.74 Å². The van der Waals surface area contributed by atoms with Crippen molar-refractivity contribution in [2.45, 2.75) is 0 Å². The second-order valence-electron chi connectivity index (χ2n) is 6.96. The van der Waals surface area contributed by atoms with Crippen LogP contribution in [-0.2, 0) is 4.74 Å². The average molecular weight is 390 g/mol. The van der Waals surface area contributed by atoms with Crippen molar-refractivity contribution in [2.75, 3.05) is 26.3 Å². The van der Waals surface area contributed by atoms with Gasteiger partial charge in [0.2, 0.25) is 0 Å². The van der Waals surface area contributed by atoms with Crippen LogP contribution in [0.2, 0.25) is 0 Å². The van der Waals surface area contributed by atoms with Gasteiger partial charge in [0, 0.05) is 31.0 Å². The highest BCUT2D eigenvalue weighted by atomic mass is 19.1. The second kappa shape index (κ2) is 7.18. The zero-order valence-electron chi connectivity index (χ0n) is 15.7. The topological polar surface area (TPSA) is 51.8 Å². The molecule has 1 aliphatic rings. The van der Waals surface area contributed by atoms with Crippen LogP contribution in [0.1, 0.15) is 10.5 Å². The SMILES string of the molecule is O=C(c1ccn(-c2ccc3ccc(-c4ccc(F)cc4)cn23)n1)N1CCOCC1. The summed E-state index contributed by atoms with van der Waals surface area (Å²) in [6, 6.07) is 16.1. The van der Waals surface area contributed by atoms with Gasteiger partial charge < -0.3 is 14.0 Å². The van der Waals surface area contributed by atoms with Crippen LogP contribution in [0.4, 0.5) is 4.39 Å². The van der Waals surface area contributed by atoms with E-state index in [9.17, 15) is 9.18 Å². The van der Waals surface area contributed by atoms with Gasteiger partial charge in [0.25, 0.3) is 5.91 Å². The standard InChI is InChI=1S/C22H19FN4O2/c23-18-4-1-16(2-5-18)17-3-6-19-7-8-21(26(19)15-17)27-10-9-20(24-27)22(28)25-11-13-29-14-12-25/h1-10,15H,11-14H2. The Balaban J connectivity index is 1.49. The molecular weight excluding hydrogens is 371 g/mol. The van der Waals surface area contributed by atoms with Crippen LogP contribution < -0.4 is 0 Å². The number of carbonyl (C=O) groups excluding carboxylic acids is 1. The molecule has 0 atom stereocenters. The minimum Gasteiger partial charge on any atom is -0.378 e. The lowest BCUT2D eigenvalue weighted by molar-refractivity contribution is 0.0298. The maximum atomic E-state index is 13.2. The third-order valence-electron chi connectivity index (χ3n) is 5.15. The highest BCUT2D eigenvalue weighted by Crippen LogP contribution is 2.23. The quantitative estimate of drug-likeness (QED) is 0.539. The number of nitrogens with zero attached hydrogens (tertiary/aromatic N) is 4. The van der Waals surface area contributed by atoms with Crippen LogP contribution in [0.15, 0.2) is 67.0 Å². The normalized spacial score (nSPS) is 14.4. The van der Waals surface area contributed by atoms with Crippen molar-refractivity contribution >= 4 is 11.4 Å². The lowest BCUT2D eigenvalue weighted by atomic mass is 10.1. The van der Waals surface area contributed by atoms with Gasteiger partial charge in [0.05, 0.1) is 13.2 Å². The van der Waals surface area contributed by atoms with Crippen LogP contribution >= 0.6 is 0 Å². The number of benzene rings is 1. The van der Waals surface area contributed by atoms with Gasteiger partial charge in [0.1, 0.15) is 11.6 Å². The number of ether oxygens (including phenoxy) is 1. The summed E-state index contributed by atoms with van der Waals surface area (Å²) >= 11 is 0. The molecule has 0 radical (unpaired) electrons. The molecule has 6 nitrogen and oxygen atoms in total. The van der Waals surface area contributed by atoms with Crippen LogP contribution in [-0.4, -0.2) is 51.3 Å². The number of hydrogen-bond donors (Lipinski definition) is 0. The van der Waals surface area contributed by atoms with Gasteiger partial charge in [-0.15, -0.1) is 0 Å². The van der Waals surface area contributed by atoms with E-state index in [-0.39, 0.29) is 11.7 Å². The fourth-order valence-corrected chi connectivity index (χ4v) is 3.58. The van der Waals surface area contributed by atoms with Gasteiger partial charge in [-0.1, -0.05) is 18.2 Å². The van der Waals surface area contributed by atoms with Gasteiger partial charge in [-0.3, -0.25) is 4.79 Å². The van der Waals surface area contributed by atoms with Crippen molar-refractivity contribution in [3.63, 3.8) is 0 Å². The summed E-state index contributed by atoms with van der Waals surface area (Å²) in [7, 11) is 0. The molecule has 0 saturated carbocycles. The Labute approximate surface area is 166 Å². The maximum absolute atomic E-state index is 13.2. The molecule has 1 amide bonds. The van der Waals surface area contributed by atoms with Gasteiger partial charge in [0.15, 0.2) is 5.69 Å². The Kier molecular flexibility index (Phi) is 4.37. The first-order valence-corrected chi connectivity index (χ1v) is 9.49.